The smallest absolute Gasteiger partial charge is 0.142 e. The third-order valence-corrected chi connectivity index (χ3v) is 8.28. The maximum Gasteiger partial charge on any atom is 0.142 e. The minimum absolute atomic E-state index is 0.105. The molecule has 4 aromatic carbocycles. The van der Waals surface area contributed by atoms with E-state index in [-0.39, 0.29) is 24.6 Å². The van der Waals surface area contributed by atoms with Crippen LogP contribution in [0.1, 0.15) is 58.9 Å². The summed E-state index contributed by atoms with van der Waals surface area (Å²) in [5, 5.41) is 13.3. The summed E-state index contributed by atoms with van der Waals surface area (Å²) in [6.07, 6.45) is 4.49. The number of rotatable bonds is 10. The number of aromatic nitrogens is 1. The molecule has 6 rings (SSSR count). The van der Waals surface area contributed by atoms with Crippen molar-refractivity contribution in [2.75, 3.05) is 0 Å². The van der Waals surface area contributed by atoms with E-state index < -0.39 is 0 Å². The molecule has 1 aromatic heterocycles. The average Bonchev–Trinajstić information content (AvgIpc) is 3.47. The van der Waals surface area contributed by atoms with Gasteiger partial charge in [0, 0.05) is 47.7 Å². The molecular formula is C37H31ClFN3O2. The van der Waals surface area contributed by atoms with E-state index in [0.29, 0.717) is 34.2 Å². The molecule has 0 radical (unpaired) electrons. The van der Waals surface area contributed by atoms with E-state index in [2.05, 4.69) is 35.4 Å². The van der Waals surface area contributed by atoms with E-state index in [1.54, 1.807) is 18.3 Å². The predicted molar refractivity (Wildman–Crippen MR) is 170 cm³/mol. The van der Waals surface area contributed by atoms with Gasteiger partial charge < -0.3 is 14.8 Å². The van der Waals surface area contributed by atoms with Crippen LogP contribution in [0.4, 0.5) is 4.39 Å². The van der Waals surface area contributed by atoms with Gasteiger partial charge in [-0.15, -0.1) is 0 Å². The highest BCUT2D eigenvalue weighted by molar-refractivity contribution is 6.32. The lowest BCUT2D eigenvalue weighted by atomic mass is 9.96. The largest absolute Gasteiger partial charge is 0.488 e. The molecule has 2 atom stereocenters. The van der Waals surface area contributed by atoms with Gasteiger partial charge in [-0.2, -0.15) is 5.26 Å². The number of halogens is 2. The number of fused-ring (bicyclic) bond motifs is 1. The maximum atomic E-state index is 14.7. The van der Waals surface area contributed by atoms with Crippen LogP contribution in [0.2, 0.25) is 5.02 Å². The van der Waals surface area contributed by atoms with Crippen molar-refractivity contribution in [1.82, 2.24) is 10.3 Å². The lowest BCUT2D eigenvalue weighted by molar-refractivity contribution is 0.206. The Bertz CT molecular complexity index is 1820. The Morgan fingerprint density at radius 3 is 2.59 bits per heavy atom. The first-order valence-electron chi connectivity index (χ1n) is 14.6. The molecule has 7 heteroatoms. The molecule has 0 saturated heterocycles. The molecule has 0 aliphatic heterocycles. The molecule has 44 heavy (non-hydrogen) atoms. The number of nitrogens with zero attached hydrogens (tertiary/aromatic N) is 2. The van der Waals surface area contributed by atoms with Crippen molar-refractivity contribution in [3.05, 3.63) is 148 Å². The third-order valence-electron chi connectivity index (χ3n) is 7.98. The van der Waals surface area contributed by atoms with Crippen LogP contribution in [0.15, 0.2) is 103 Å². The summed E-state index contributed by atoms with van der Waals surface area (Å²) in [4.78, 5) is 4.15. The molecule has 0 fully saturated rings. The molecule has 0 spiro atoms. The number of nitrogens with one attached hydrogen (secondary N) is 1. The number of hydrogen-bond donors (Lipinski definition) is 1. The van der Waals surface area contributed by atoms with Gasteiger partial charge in [0.25, 0.3) is 0 Å². The fraction of sp³-hybridized carbons (Fsp3) is 0.189. The van der Waals surface area contributed by atoms with E-state index in [0.717, 1.165) is 40.7 Å². The van der Waals surface area contributed by atoms with Crippen molar-refractivity contribution in [1.29, 1.82) is 5.26 Å². The number of nitriles is 1. The zero-order chi connectivity index (χ0) is 30.5. The second-order valence-electron chi connectivity index (χ2n) is 10.9. The van der Waals surface area contributed by atoms with Gasteiger partial charge >= 0.3 is 0 Å². The summed E-state index contributed by atoms with van der Waals surface area (Å²) < 4.78 is 27.5. The Kier molecular flexibility index (Phi) is 8.88. The molecule has 220 valence electrons. The van der Waals surface area contributed by atoms with Gasteiger partial charge in [-0.3, -0.25) is 4.98 Å². The second-order valence-corrected chi connectivity index (χ2v) is 11.3. The van der Waals surface area contributed by atoms with E-state index in [4.69, 9.17) is 21.1 Å². The molecule has 0 unspecified atom stereocenters. The number of hydrogen-bond acceptors (Lipinski definition) is 5. The summed E-state index contributed by atoms with van der Waals surface area (Å²) >= 11 is 6.84. The minimum atomic E-state index is -0.239. The quantitative estimate of drug-likeness (QED) is 0.173. The van der Waals surface area contributed by atoms with Crippen LogP contribution in [0.25, 0.3) is 11.1 Å². The first-order valence-corrected chi connectivity index (χ1v) is 15.0. The van der Waals surface area contributed by atoms with Crippen molar-refractivity contribution < 1.29 is 13.9 Å². The topological polar surface area (TPSA) is 67.2 Å². The third kappa shape index (κ3) is 6.45. The van der Waals surface area contributed by atoms with Crippen LogP contribution in [0.5, 0.6) is 11.5 Å². The van der Waals surface area contributed by atoms with Gasteiger partial charge in [0.2, 0.25) is 0 Å². The molecule has 1 aliphatic rings. The molecule has 1 aliphatic carbocycles. The maximum absolute atomic E-state index is 14.7. The van der Waals surface area contributed by atoms with Crippen molar-refractivity contribution >= 4 is 11.6 Å². The number of ether oxygens (including phenoxy) is 2. The Labute approximate surface area is 261 Å². The Morgan fingerprint density at radius 2 is 1.77 bits per heavy atom. The zero-order valence-corrected chi connectivity index (χ0v) is 25.0. The Morgan fingerprint density at radius 1 is 0.977 bits per heavy atom. The summed E-state index contributed by atoms with van der Waals surface area (Å²) in [6, 6.07) is 30.7. The summed E-state index contributed by atoms with van der Waals surface area (Å²) in [5.74, 6) is 0.897. The highest BCUT2D eigenvalue weighted by Crippen LogP contribution is 2.43. The standard InChI is InChI=1S/C37H31ClFN3O2/c1-24(27-8-3-2-4-9-27)42-22-28-17-33(38)37(18-36(28)43-23-26-16-25(19-40)20-41-21-26)44-35-15-14-30-29(11-7-12-32(30)35)31-10-5-6-13-34(31)39/h2-13,16-18,20-21,24,35,42H,14-15,22-23H2,1H3/t24-,35-/m0/s1. The molecule has 1 N–H and O–H groups in total. The van der Waals surface area contributed by atoms with E-state index in [1.807, 2.05) is 60.7 Å². The highest BCUT2D eigenvalue weighted by Gasteiger charge is 2.28. The van der Waals surface area contributed by atoms with E-state index >= 15 is 0 Å². The van der Waals surface area contributed by atoms with Gasteiger partial charge in [-0.1, -0.05) is 78.3 Å². The first kappa shape index (κ1) is 29.4. The molecule has 5 nitrogen and oxygen atoms in total. The molecule has 5 aromatic rings. The van der Waals surface area contributed by atoms with Crippen LogP contribution in [-0.2, 0) is 19.6 Å². The van der Waals surface area contributed by atoms with Crippen LogP contribution < -0.4 is 14.8 Å². The summed E-state index contributed by atoms with van der Waals surface area (Å²) in [5.41, 5.74) is 6.92. The number of benzene rings is 4. The molecule has 0 amide bonds. The number of pyridine rings is 1. The SMILES string of the molecule is C[C@H](NCc1cc(Cl)c(O[C@H]2CCc3c(-c4ccccc4F)cccc32)cc1OCc1cncc(C#N)c1)c1ccccc1. The van der Waals surface area contributed by atoms with Crippen molar-refractivity contribution in [3.8, 4) is 28.7 Å². The summed E-state index contributed by atoms with van der Waals surface area (Å²) in [7, 11) is 0. The molecule has 0 saturated carbocycles. The average molecular weight is 604 g/mol. The molecule has 0 bridgehead atoms. The monoisotopic (exact) mass is 603 g/mol. The molecular weight excluding hydrogens is 573 g/mol. The summed E-state index contributed by atoms with van der Waals surface area (Å²) in [6.45, 7) is 2.85. The van der Waals surface area contributed by atoms with E-state index in [1.165, 1.54) is 17.8 Å². The van der Waals surface area contributed by atoms with Crippen LogP contribution in [0, 0.1) is 17.1 Å². The van der Waals surface area contributed by atoms with Crippen molar-refractivity contribution in [3.63, 3.8) is 0 Å². The normalized spacial score (nSPS) is 14.5. The van der Waals surface area contributed by atoms with Gasteiger partial charge in [0.15, 0.2) is 0 Å². The fourth-order valence-corrected chi connectivity index (χ4v) is 5.90. The van der Waals surface area contributed by atoms with E-state index in [9.17, 15) is 9.65 Å². The highest BCUT2D eigenvalue weighted by atomic mass is 35.5. The van der Waals surface area contributed by atoms with Gasteiger partial charge in [0.1, 0.15) is 36.1 Å². The zero-order valence-electron chi connectivity index (χ0n) is 24.3. The predicted octanol–water partition coefficient (Wildman–Crippen LogP) is 8.91. The van der Waals surface area contributed by atoms with Gasteiger partial charge in [0.05, 0.1) is 10.6 Å². The second kappa shape index (κ2) is 13.3. The van der Waals surface area contributed by atoms with Crippen molar-refractivity contribution in [2.24, 2.45) is 0 Å². The van der Waals surface area contributed by atoms with Crippen LogP contribution >= 0.6 is 11.6 Å². The Hall–Kier alpha value is -4.70. The molecule has 1 heterocycles. The Balaban J connectivity index is 1.27. The van der Waals surface area contributed by atoms with Crippen molar-refractivity contribution in [2.45, 2.75) is 45.1 Å². The minimum Gasteiger partial charge on any atom is -0.488 e. The fourth-order valence-electron chi connectivity index (χ4n) is 5.67. The first-order chi connectivity index (χ1) is 21.5. The van der Waals surface area contributed by atoms with Gasteiger partial charge in [-0.05, 0) is 60.2 Å². The van der Waals surface area contributed by atoms with Crippen LogP contribution in [0.3, 0.4) is 0 Å². The van der Waals surface area contributed by atoms with Crippen LogP contribution in [-0.4, -0.2) is 4.98 Å². The lowest BCUT2D eigenvalue weighted by Gasteiger charge is -2.21. The lowest BCUT2D eigenvalue weighted by Crippen LogP contribution is -2.18. The van der Waals surface area contributed by atoms with Gasteiger partial charge in [-0.25, -0.2) is 4.39 Å².